The first-order chi connectivity index (χ1) is 7.15. The molecule has 0 aromatic rings. The number of ketones is 1. The second-order valence-electron chi connectivity index (χ2n) is 5.13. The molecule has 76 valence electrons. The fourth-order valence-electron chi connectivity index (χ4n) is 3.62. The van der Waals surface area contributed by atoms with Crippen molar-refractivity contribution in [2.75, 3.05) is 0 Å². The summed E-state index contributed by atoms with van der Waals surface area (Å²) in [6.45, 7) is 1.96. The molecule has 0 saturated heterocycles. The van der Waals surface area contributed by atoms with Crippen molar-refractivity contribution in [3.05, 3.63) is 24.3 Å². The molecule has 3 aliphatic rings. The zero-order valence-corrected chi connectivity index (χ0v) is 8.68. The normalized spacial score (nSPS) is 50.5. The van der Waals surface area contributed by atoms with E-state index in [9.17, 15) is 10.1 Å². The van der Waals surface area contributed by atoms with Gasteiger partial charge in [-0.3, -0.25) is 4.79 Å². The fourth-order valence-corrected chi connectivity index (χ4v) is 3.62. The monoisotopic (exact) mass is 199 g/mol. The number of carbonyl (C=O) groups is 1. The predicted octanol–water partition coefficient (Wildman–Crippen LogP) is 2.09. The quantitative estimate of drug-likeness (QED) is 0.560. The van der Waals surface area contributed by atoms with Crippen molar-refractivity contribution in [1.82, 2.24) is 0 Å². The average molecular weight is 199 g/mol. The summed E-state index contributed by atoms with van der Waals surface area (Å²) in [6, 6.07) is 2.38. The van der Waals surface area contributed by atoms with E-state index in [0.717, 1.165) is 6.42 Å². The van der Waals surface area contributed by atoms with Crippen molar-refractivity contribution in [3.63, 3.8) is 0 Å². The molecular formula is C13H13NO. The van der Waals surface area contributed by atoms with Crippen molar-refractivity contribution in [2.24, 2.45) is 29.1 Å². The summed E-state index contributed by atoms with van der Waals surface area (Å²) < 4.78 is 0. The van der Waals surface area contributed by atoms with Crippen LogP contribution in [0.3, 0.4) is 0 Å². The third-order valence-corrected chi connectivity index (χ3v) is 4.31. The molecule has 0 heterocycles. The maximum atomic E-state index is 11.8. The first-order valence-corrected chi connectivity index (χ1v) is 5.48. The molecule has 3 rings (SSSR count). The lowest BCUT2D eigenvalue weighted by Gasteiger charge is -2.38. The molecule has 0 aliphatic heterocycles. The summed E-state index contributed by atoms with van der Waals surface area (Å²) >= 11 is 0. The van der Waals surface area contributed by atoms with E-state index in [1.165, 1.54) is 0 Å². The number of allylic oxidation sites excluding steroid dienone is 4. The number of carbonyl (C=O) groups excluding carboxylic acids is 1. The topological polar surface area (TPSA) is 40.9 Å². The van der Waals surface area contributed by atoms with Crippen LogP contribution in [0.1, 0.15) is 13.3 Å². The van der Waals surface area contributed by atoms with Gasteiger partial charge in [0.05, 0.1) is 11.5 Å². The van der Waals surface area contributed by atoms with Crippen LogP contribution in [0.5, 0.6) is 0 Å². The van der Waals surface area contributed by atoms with Crippen LogP contribution in [-0.4, -0.2) is 5.78 Å². The Balaban J connectivity index is 2.12. The number of nitrogens with zero attached hydrogens (tertiary/aromatic N) is 1. The maximum absolute atomic E-state index is 11.8. The van der Waals surface area contributed by atoms with Crippen LogP contribution in [0.15, 0.2) is 24.3 Å². The number of rotatable bonds is 0. The molecule has 1 fully saturated rings. The zero-order valence-electron chi connectivity index (χ0n) is 8.68. The molecule has 0 spiro atoms. The highest BCUT2D eigenvalue weighted by Crippen LogP contribution is 2.57. The Morgan fingerprint density at radius 3 is 2.93 bits per heavy atom. The zero-order chi connectivity index (χ0) is 10.6. The fraction of sp³-hybridized carbons (Fsp3) is 0.538. The molecule has 1 saturated carbocycles. The molecule has 0 N–H and O–H groups in total. The predicted molar refractivity (Wildman–Crippen MR) is 55.6 cm³/mol. The minimum Gasteiger partial charge on any atom is -0.295 e. The van der Waals surface area contributed by atoms with E-state index in [2.05, 4.69) is 18.2 Å². The van der Waals surface area contributed by atoms with Crippen LogP contribution >= 0.6 is 0 Å². The van der Waals surface area contributed by atoms with Crippen molar-refractivity contribution in [2.45, 2.75) is 13.3 Å². The summed E-state index contributed by atoms with van der Waals surface area (Å²) in [4.78, 5) is 11.8. The van der Waals surface area contributed by atoms with Gasteiger partial charge in [-0.25, -0.2) is 0 Å². The summed E-state index contributed by atoms with van der Waals surface area (Å²) in [5, 5.41) is 9.28. The van der Waals surface area contributed by atoms with Gasteiger partial charge >= 0.3 is 0 Å². The van der Waals surface area contributed by atoms with Crippen LogP contribution in [0.4, 0.5) is 0 Å². The molecule has 0 amide bonds. The highest BCUT2D eigenvalue weighted by atomic mass is 16.1. The van der Waals surface area contributed by atoms with E-state index < -0.39 is 5.41 Å². The Labute approximate surface area is 89.3 Å². The van der Waals surface area contributed by atoms with Crippen LogP contribution in [0.25, 0.3) is 0 Å². The van der Waals surface area contributed by atoms with Gasteiger partial charge in [-0.15, -0.1) is 0 Å². The Bertz CT molecular complexity index is 428. The summed E-state index contributed by atoms with van der Waals surface area (Å²) in [7, 11) is 0. The summed E-state index contributed by atoms with van der Waals surface area (Å²) in [5.74, 6) is 1.36. The van der Waals surface area contributed by atoms with Gasteiger partial charge in [-0.05, 0) is 37.2 Å². The number of fused-ring (bicyclic) bond motifs is 5. The van der Waals surface area contributed by atoms with Crippen LogP contribution in [0.2, 0.25) is 0 Å². The number of hydrogen-bond acceptors (Lipinski definition) is 2. The SMILES string of the molecule is C[C@@]1(C#N)C=CC(=O)[C@H]2[C@@H]1[C@H]1C=C[C@@H]2C1. The van der Waals surface area contributed by atoms with Gasteiger partial charge in [0.15, 0.2) is 5.78 Å². The van der Waals surface area contributed by atoms with Crippen molar-refractivity contribution >= 4 is 5.78 Å². The first-order valence-electron chi connectivity index (χ1n) is 5.48. The highest BCUT2D eigenvalue weighted by Gasteiger charge is 2.55. The summed E-state index contributed by atoms with van der Waals surface area (Å²) in [6.07, 6.45) is 8.87. The molecule has 3 aliphatic carbocycles. The minimum atomic E-state index is -0.442. The van der Waals surface area contributed by atoms with E-state index in [-0.39, 0.29) is 17.6 Å². The number of hydrogen-bond donors (Lipinski definition) is 0. The third-order valence-electron chi connectivity index (χ3n) is 4.31. The van der Waals surface area contributed by atoms with Gasteiger partial charge < -0.3 is 0 Å². The van der Waals surface area contributed by atoms with Gasteiger partial charge in [0.25, 0.3) is 0 Å². The second-order valence-corrected chi connectivity index (χ2v) is 5.13. The Morgan fingerprint density at radius 1 is 1.47 bits per heavy atom. The Morgan fingerprint density at radius 2 is 2.20 bits per heavy atom. The molecule has 5 atom stereocenters. The Hall–Kier alpha value is -1.36. The van der Waals surface area contributed by atoms with Gasteiger partial charge in [0.2, 0.25) is 0 Å². The standard InChI is InChI=1S/C13H13NO/c1-13(7-14)5-4-10(15)11-8-2-3-9(6-8)12(11)13/h2-5,8-9,11-12H,6H2,1H3/t8-,9+,11+,12+,13+/m1/s1. The van der Waals surface area contributed by atoms with E-state index in [1.807, 2.05) is 13.0 Å². The Kier molecular flexibility index (Phi) is 1.55. The van der Waals surface area contributed by atoms with Gasteiger partial charge in [0, 0.05) is 5.92 Å². The van der Waals surface area contributed by atoms with Gasteiger partial charge in [-0.2, -0.15) is 5.26 Å². The van der Waals surface area contributed by atoms with Crippen LogP contribution in [0, 0.1) is 40.4 Å². The highest BCUT2D eigenvalue weighted by molar-refractivity contribution is 5.94. The van der Waals surface area contributed by atoms with Crippen LogP contribution < -0.4 is 0 Å². The van der Waals surface area contributed by atoms with Crippen LogP contribution in [-0.2, 0) is 4.79 Å². The maximum Gasteiger partial charge on any atom is 0.159 e. The second kappa shape index (κ2) is 2.61. The molecule has 15 heavy (non-hydrogen) atoms. The van der Waals surface area contributed by atoms with Gasteiger partial charge in [0.1, 0.15) is 0 Å². The molecule has 0 radical (unpaired) electrons. The molecule has 0 unspecified atom stereocenters. The lowest BCUT2D eigenvalue weighted by Crippen LogP contribution is -2.40. The van der Waals surface area contributed by atoms with E-state index in [4.69, 9.17) is 0 Å². The largest absolute Gasteiger partial charge is 0.295 e. The molecule has 2 bridgehead atoms. The molecule has 2 heteroatoms. The lowest BCUT2D eigenvalue weighted by atomic mass is 9.62. The first kappa shape index (κ1) is 8.91. The van der Waals surface area contributed by atoms with E-state index >= 15 is 0 Å². The van der Waals surface area contributed by atoms with Crippen molar-refractivity contribution in [3.8, 4) is 6.07 Å². The molecule has 0 aromatic heterocycles. The molecular weight excluding hydrogens is 186 g/mol. The lowest BCUT2D eigenvalue weighted by molar-refractivity contribution is -0.122. The average Bonchev–Trinajstić information content (AvgIpc) is 2.84. The summed E-state index contributed by atoms with van der Waals surface area (Å²) in [5.41, 5.74) is -0.442. The smallest absolute Gasteiger partial charge is 0.159 e. The van der Waals surface area contributed by atoms with E-state index in [0.29, 0.717) is 11.8 Å². The molecule has 2 nitrogen and oxygen atoms in total. The molecule has 0 aromatic carbocycles. The van der Waals surface area contributed by atoms with Crippen molar-refractivity contribution in [1.29, 1.82) is 5.26 Å². The van der Waals surface area contributed by atoms with E-state index in [1.54, 1.807) is 6.08 Å². The van der Waals surface area contributed by atoms with Crippen molar-refractivity contribution < 1.29 is 4.79 Å². The number of nitriles is 1. The minimum absolute atomic E-state index is 0.0784. The third kappa shape index (κ3) is 0.958. The van der Waals surface area contributed by atoms with Gasteiger partial charge in [-0.1, -0.05) is 18.2 Å².